The van der Waals surface area contributed by atoms with E-state index in [0.29, 0.717) is 5.56 Å². The van der Waals surface area contributed by atoms with E-state index in [0.717, 1.165) is 0 Å². The normalized spacial score (nSPS) is 13.2. The van der Waals surface area contributed by atoms with Gasteiger partial charge in [-0.3, -0.25) is 0 Å². The van der Waals surface area contributed by atoms with E-state index in [1.807, 2.05) is 0 Å². The summed E-state index contributed by atoms with van der Waals surface area (Å²) in [6.45, 7) is -0.839. The van der Waals surface area contributed by atoms with Crippen LogP contribution in [0.15, 0.2) is 24.3 Å². The number of sulfonamides is 1. The second-order valence-corrected chi connectivity index (χ2v) is 5.76. The summed E-state index contributed by atoms with van der Waals surface area (Å²) in [5.74, 6) is -1.53. The number of aliphatic hydroxyl groups excluding tert-OH is 2. The highest BCUT2D eigenvalue weighted by Gasteiger charge is 2.14. The van der Waals surface area contributed by atoms with Gasteiger partial charge in [-0.25, -0.2) is 17.9 Å². The summed E-state index contributed by atoms with van der Waals surface area (Å²) in [5.41, 5.74) is 0.328. The maximum Gasteiger partial charge on any atom is 0.335 e. The fourth-order valence-corrected chi connectivity index (χ4v) is 2.52. The Morgan fingerprint density at radius 1 is 1.37 bits per heavy atom. The highest BCUT2D eigenvalue weighted by Crippen LogP contribution is 2.08. The van der Waals surface area contributed by atoms with Gasteiger partial charge in [0, 0.05) is 6.54 Å². The fraction of sp³-hybridized carbons (Fsp3) is 0.364. The van der Waals surface area contributed by atoms with Gasteiger partial charge in [0.15, 0.2) is 0 Å². The van der Waals surface area contributed by atoms with Crippen LogP contribution < -0.4 is 4.72 Å². The molecule has 8 heteroatoms. The third-order valence-electron chi connectivity index (χ3n) is 2.28. The Morgan fingerprint density at radius 2 is 2.05 bits per heavy atom. The predicted octanol–water partition coefficient (Wildman–Crippen LogP) is -0.843. The highest BCUT2D eigenvalue weighted by molar-refractivity contribution is 7.88. The lowest BCUT2D eigenvalue weighted by Crippen LogP contribution is -2.34. The molecule has 0 spiro atoms. The topological polar surface area (TPSA) is 124 Å². The van der Waals surface area contributed by atoms with E-state index in [4.69, 9.17) is 15.3 Å². The summed E-state index contributed by atoms with van der Waals surface area (Å²) in [7, 11) is -3.70. The first kappa shape index (κ1) is 15.6. The van der Waals surface area contributed by atoms with Crippen molar-refractivity contribution >= 4 is 16.0 Å². The van der Waals surface area contributed by atoms with Crippen LogP contribution in [0.1, 0.15) is 15.9 Å². The van der Waals surface area contributed by atoms with Crippen LogP contribution >= 0.6 is 0 Å². The van der Waals surface area contributed by atoms with Gasteiger partial charge in [0.05, 0.1) is 24.0 Å². The molecule has 0 saturated carbocycles. The molecule has 4 N–H and O–H groups in total. The van der Waals surface area contributed by atoms with Crippen LogP contribution in [0.2, 0.25) is 0 Å². The zero-order valence-corrected chi connectivity index (χ0v) is 10.8. The molecular weight excluding hydrogens is 274 g/mol. The second-order valence-electron chi connectivity index (χ2n) is 3.95. The Labute approximate surface area is 110 Å². The van der Waals surface area contributed by atoms with E-state index in [-0.39, 0.29) is 12.1 Å². The minimum Gasteiger partial charge on any atom is -0.478 e. The van der Waals surface area contributed by atoms with E-state index >= 15 is 0 Å². The summed E-state index contributed by atoms with van der Waals surface area (Å²) in [4.78, 5) is 10.7. The van der Waals surface area contributed by atoms with Gasteiger partial charge in [-0.15, -0.1) is 0 Å². The van der Waals surface area contributed by atoms with E-state index in [9.17, 15) is 13.2 Å². The quantitative estimate of drug-likeness (QED) is 0.519. The summed E-state index contributed by atoms with van der Waals surface area (Å²) in [6.07, 6.45) is -1.17. The smallest absolute Gasteiger partial charge is 0.335 e. The molecule has 1 rings (SSSR count). The third-order valence-corrected chi connectivity index (χ3v) is 3.60. The van der Waals surface area contributed by atoms with Gasteiger partial charge in [0.2, 0.25) is 10.0 Å². The van der Waals surface area contributed by atoms with Crippen molar-refractivity contribution in [2.75, 3.05) is 13.2 Å². The number of carboxylic acid groups (broad SMARTS) is 1. The number of hydrogen-bond donors (Lipinski definition) is 4. The monoisotopic (exact) mass is 289 g/mol. The van der Waals surface area contributed by atoms with Gasteiger partial charge in [-0.1, -0.05) is 12.1 Å². The molecule has 0 amide bonds. The van der Waals surface area contributed by atoms with Gasteiger partial charge in [-0.2, -0.15) is 0 Å². The van der Waals surface area contributed by atoms with Crippen molar-refractivity contribution in [1.82, 2.24) is 4.72 Å². The molecule has 0 aliphatic carbocycles. The summed E-state index contributed by atoms with van der Waals surface area (Å²) >= 11 is 0. The Bertz CT molecular complexity index is 542. The summed E-state index contributed by atoms with van der Waals surface area (Å²) in [6, 6.07) is 5.58. The van der Waals surface area contributed by atoms with Crippen LogP contribution in [0.4, 0.5) is 0 Å². The minimum absolute atomic E-state index is 0.00286. The minimum atomic E-state index is -3.70. The number of nitrogens with one attached hydrogen (secondary N) is 1. The average Bonchev–Trinajstić information content (AvgIpc) is 2.35. The van der Waals surface area contributed by atoms with Crippen LogP contribution in [0.25, 0.3) is 0 Å². The molecule has 19 heavy (non-hydrogen) atoms. The molecular formula is C11H15NO6S. The van der Waals surface area contributed by atoms with Crippen LogP contribution in [0.3, 0.4) is 0 Å². The lowest BCUT2D eigenvalue weighted by atomic mass is 10.1. The largest absolute Gasteiger partial charge is 0.478 e. The SMILES string of the molecule is O=C(O)c1cccc(CS(=O)(=O)NCC(O)CO)c1. The molecule has 0 heterocycles. The van der Waals surface area contributed by atoms with Crippen molar-refractivity contribution in [3.8, 4) is 0 Å². The summed E-state index contributed by atoms with van der Waals surface area (Å²) < 4.78 is 25.4. The zero-order valence-electron chi connectivity index (χ0n) is 9.98. The Hall–Kier alpha value is -1.48. The highest BCUT2D eigenvalue weighted by atomic mass is 32.2. The molecule has 1 aromatic carbocycles. The number of aliphatic hydroxyl groups is 2. The standard InChI is InChI=1S/C11H15NO6S/c13-6-10(14)5-12-19(17,18)7-8-2-1-3-9(4-8)11(15)16/h1-4,10,12-14H,5-7H2,(H,15,16). The number of benzene rings is 1. The van der Waals surface area contributed by atoms with Crippen molar-refractivity contribution in [1.29, 1.82) is 0 Å². The molecule has 106 valence electrons. The van der Waals surface area contributed by atoms with E-state index < -0.39 is 34.5 Å². The van der Waals surface area contributed by atoms with Crippen LogP contribution in [-0.2, 0) is 15.8 Å². The summed E-state index contributed by atoms with van der Waals surface area (Å²) in [5, 5.41) is 26.4. The van der Waals surface area contributed by atoms with Crippen LogP contribution in [0, 0.1) is 0 Å². The second kappa shape index (κ2) is 6.62. The Balaban J connectivity index is 2.72. The molecule has 0 radical (unpaired) electrons. The first-order chi connectivity index (χ1) is 8.84. The Morgan fingerprint density at radius 3 is 2.63 bits per heavy atom. The number of carbonyl (C=O) groups is 1. The molecule has 0 aliphatic rings. The molecule has 1 atom stereocenters. The van der Waals surface area contributed by atoms with Gasteiger partial charge in [0.1, 0.15) is 0 Å². The Kier molecular flexibility index (Phi) is 5.43. The average molecular weight is 289 g/mol. The molecule has 0 fully saturated rings. The molecule has 0 aliphatic heterocycles. The van der Waals surface area contributed by atoms with Crippen molar-refractivity contribution in [3.05, 3.63) is 35.4 Å². The third kappa shape index (κ3) is 5.35. The predicted molar refractivity (Wildman–Crippen MR) is 67.1 cm³/mol. The molecule has 0 saturated heterocycles. The van der Waals surface area contributed by atoms with Crippen molar-refractivity contribution < 1.29 is 28.5 Å². The molecule has 0 bridgehead atoms. The van der Waals surface area contributed by atoms with Gasteiger partial charge < -0.3 is 15.3 Å². The van der Waals surface area contributed by atoms with Crippen LogP contribution in [0.5, 0.6) is 0 Å². The van der Waals surface area contributed by atoms with Crippen molar-refractivity contribution in [2.45, 2.75) is 11.9 Å². The molecule has 7 nitrogen and oxygen atoms in total. The van der Waals surface area contributed by atoms with Crippen molar-refractivity contribution in [2.24, 2.45) is 0 Å². The molecule has 1 unspecified atom stereocenters. The van der Waals surface area contributed by atoms with Gasteiger partial charge >= 0.3 is 5.97 Å². The van der Waals surface area contributed by atoms with E-state index in [1.165, 1.54) is 24.3 Å². The number of rotatable bonds is 7. The maximum atomic E-state index is 11.7. The first-order valence-electron chi connectivity index (χ1n) is 5.42. The lowest BCUT2D eigenvalue weighted by Gasteiger charge is -2.10. The molecule has 0 aromatic heterocycles. The first-order valence-corrected chi connectivity index (χ1v) is 7.08. The van der Waals surface area contributed by atoms with Crippen LogP contribution in [-0.4, -0.2) is 49.0 Å². The van der Waals surface area contributed by atoms with Gasteiger partial charge in [-0.05, 0) is 17.7 Å². The van der Waals surface area contributed by atoms with Crippen molar-refractivity contribution in [3.63, 3.8) is 0 Å². The van der Waals surface area contributed by atoms with E-state index in [1.54, 1.807) is 0 Å². The molecule has 1 aromatic rings. The number of carboxylic acids is 1. The van der Waals surface area contributed by atoms with E-state index in [2.05, 4.69) is 4.72 Å². The fourth-order valence-electron chi connectivity index (χ4n) is 1.35. The maximum absolute atomic E-state index is 11.7. The number of aromatic carboxylic acids is 1. The lowest BCUT2D eigenvalue weighted by molar-refractivity contribution is 0.0696. The number of hydrogen-bond acceptors (Lipinski definition) is 5. The van der Waals surface area contributed by atoms with Gasteiger partial charge in [0.25, 0.3) is 0 Å². The zero-order chi connectivity index (χ0) is 14.5.